The van der Waals surface area contributed by atoms with Crippen LogP contribution in [0.1, 0.15) is 74.1 Å². The van der Waals surface area contributed by atoms with Crippen molar-refractivity contribution >= 4 is 12.6 Å². The van der Waals surface area contributed by atoms with Crippen molar-refractivity contribution in [3.05, 3.63) is 0 Å². The van der Waals surface area contributed by atoms with Crippen LogP contribution in [0.5, 0.6) is 0 Å². The third-order valence-electron chi connectivity index (χ3n) is 2.80. The maximum Gasteiger partial charge on any atom is 0.00782 e. The Morgan fingerprint density at radius 3 is 1.60 bits per heavy atom. The maximum atomic E-state index is 4.65. The van der Waals surface area contributed by atoms with E-state index in [0.717, 1.165) is 0 Å². The van der Waals surface area contributed by atoms with Crippen molar-refractivity contribution in [1.29, 1.82) is 0 Å². The van der Waals surface area contributed by atoms with Crippen molar-refractivity contribution < 1.29 is 0 Å². The quantitative estimate of drug-likeness (QED) is 0.586. The molecule has 15 heavy (non-hydrogen) atoms. The third-order valence-corrected chi connectivity index (χ3v) is 2.95. The van der Waals surface area contributed by atoms with E-state index in [2.05, 4.69) is 61.1 Å². The number of hydrogen-bond donors (Lipinski definition) is 1. The van der Waals surface area contributed by atoms with Crippen LogP contribution in [0, 0.1) is 10.8 Å². The molecule has 0 atom stereocenters. The zero-order chi connectivity index (χ0) is 12.3. The van der Waals surface area contributed by atoms with E-state index in [1.54, 1.807) is 0 Å². The van der Waals surface area contributed by atoms with Crippen LogP contribution in [0.2, 0.25) is 0 Å². The van der Waals surface area contributed by atoms with Gasteiger partial charge in [0.25, 0.3) is 0 Å². The lowest BCUT2D eigenvalue weighted by Gasteiger charge is -2.38. The molecular formula is C14H30S. The van der Waals surface area contributed by atoms with E-state index in [-0.39, 0.29) is 4.75 Å². The average molecular weight is 230 g/mol. The highest BCUT2D eigenvalue weighted by atomic mass is 32.1. The monoisotopic (exact) mass is 230 g/mol. The molecule has 0 saturated carbocycles. The summed E-state index contributed by atoms with van der Waals surface area (Å²) in [5, 5.41) is 0. The van der Waals surface area contributed by atoms with Gasteiger partial charge in [0.15, 0.2) is 0 Å². The van der Waals surface area contributed by atoms with Crippen LogP contribution in [-0.2, 0) is 0 Å². The molecule has 0 aromatic carbocycles. The van der Waals surface area contributed by atoms with Gasteiger partial charge in [-0.3, -0.25) is 0 Å². The fraction of sp³-hybridized carbons (Fsp3) is 1.00. The molecule has 0 fully saturated rings. The molecule has 0 unspecified atom stereocenters. The molecule has 0 aromatic rings. The van der Waals surface area contributed by atoms with E-state index < -0.39 is 0 Å². The Balaban J connectivity index is 4.36. The van der Waals surface area contributed by atoms with Crippen LogP contribution in [0.4, 0.5) is 0 Å². The van der Waals surface area contributed by atoms with Crippen LogP contribution in [0.25, 0.3) is 0 Å². The van der Waals surface area contributed by atoms with E-state index in [9.17, 15) is 0 Å². The fourth-order valence-corrected chi connectivity index (χ4v) is 3.72. The van der Waals surface area contributed by atoms with Crippen molar-refractivity contribution in [3.8, 4) is 0 Å². The van der Waals surface area contributed by atoms with Crippen LogP contribution in [0.15, 0.2) is 0 Å². The Morgan fingerprint density at radius 1 is 0.800 bits per heavy atom. The molecule has 0 radical (unpaired) electrons. The molecule has 0 amide bonds. The predicted octanol–water partition coefficient (Wildman–Crippen LogP) is 5.33. The summed E-state index contributed by atoms with van der Waals surface area (Å²) in [6, 6.07) is 0. The number of hydrogen-bond acceptors (Lipinski definition) is 1. The Labute approximate surface area is 103 Å². The van der Waals surface area contributed by atoms with Crippen molar-refractivity contribution in [1.82, 2.24) is 0 Å². The van der Waals surface area contributed by atoms with E-state index in [1.807, 2.05) is 0 Å². The van der Waals surface area contributed by atoms with Gasteiger partial charge in [0.2, 0.25) is 0 Å². The first kappa shape index (κ1) is 15.3. The summed E-state index contributed by atoms with van der Waals surface area (Å²) in [5.74, 6) is 0. The van der Waals surface area contributed by atoms with E-state index in [1.165, 1.54) is 25.7 Å². The Kier molecular flexibility index (Phi) is 5.24. The molecule has 0 aliphatic rings. The summed E-state index contributed by atoms with van der Waals surface area (Å²) in [6.07, 6.45) is 5.07. The van der Waals surface area contributed by atoms with Crippen LogP contribution in [-0.4, -0.2) is 4.75 Å². The van der Waals surface area contributed by atoms with Gasteiger partial charge in [-0.1, -0.05) is 54.9 Å². The molecule has 0 N–H and O–H groups in total. The zero-order valence-corrected chi connectivity index (χ0v) is 12.7. The summed E-state index contributed by atoms with van der Waals surface area (Å²) in [5.41, 5.74) is 0.862. The van der Waals surface area contributed by atoms with Crippen LogP contribution < -0.4 is 0 Å². The van der Waals surface area contributed by atoms with Crippen LogP contribution in [0.3, 0.4) is 0 Å². The minimum atomic E-state index is 0.145. The van der Waals surface area contributed by atoms with Crippen molar-refractivity contribution in [2.75, 3.05) is 0 Å². The Hall–Kier alpha value is 0.350. The summed E-state index contributed by atoms with van der Waals surface area (Å²) in [4.78, 5) is 0. The molecule has 0 heterocycles. The SMILES string of the molecule is CCCC(C)(C)CC(C)(C)CC(C)(C)S. The molecule has 0 spiro atoms. The molecule has 0 bridgehead atoms. The van der Waals surface area contributed by atoms with Gasteiger partial charge in [0.05, 0.1) is 0 Å². The van der Waals surface area contributed by atoms with Gasteiger partial charge in [0, 0.05) is 4.75 Å². The minimum Gasteiger partial charge on any atom is -0.173 e. The second-order valence-electron chi connectivity index (χ2n) is 7.24. The van der Waals surface area contributed by atoms with E-state index in [4.69, 9.17) is 0 Å². The molecule has 0 aliphatic heterocycles. The lowest BCUT2D eigenvalue weighted by molar-refractivity contribution is 0.161. The minimum absolute atomic E-state index is 0.145. The van der Waals surface area contributed by atoms with Crippen LogP contribution >= 0.6 is 12.6 Å². The van der Waals surface area contributed by atoms with Gasteiger partial charge in [-0.2, -0.15) is 12.6 Å². The fourth-order valence-electron chi connectivity index (χ4n) is 3.29. The maximum absolute atomic E-state index is 4.65. The third kappa shape index (κ3) is 8.19. The Morgan fingerprint density at radius 2 is 1.27 bits per heavy atom. The van der Waals surface area contributed by atoms with Gasteiger partial charge in [0.1, 0.15) is 0 Å². The topological polar surface area (TPSA) is 0 Å². The van der Waals surface area contributed by atoms with Gasteiger partial charge in [-0.05, 0) is 30.1 Å². The number of thiol groups is 1. The average Bonchev–Trinajstić information content (AvgIpc) is 1.74. The molecular weight excluding hydrogens is 200 g/mol. The van der Waals surface area contributed by atoms with Crippen molar-refractivity contribution in [3.63, 3.8) is 0 Å². The van der Waals surface area contributed by atoms with Gasteiger partial charge in [-0.15, -0.1) is 0 Å². The van der Waals surface area contributed by atoms with Gasteiger partial charge >= 0.3 is 0 Å². The molecule has 0 aliphatic carbocycles. The van der Waals surface area contributed by atoms with E-state index in [0.29, 0.717) is 10.8 Å². The van der Waals surface area contributed by atoms with Gasteiger partial charge < -0.3 is 0 Å². The van der Waals surface area contributed by atoms with Crippen molar-refractivity contribution in [2.45, 2.75) is 78.9 Å². The van der Waals surface area contributed by atoms with E-state index >= 15 is 0 Å². The summed E-state index contributed by atoms with van der Waals surface area (Å²) >= 11 is 4.65. The van der Waals surface area contributed by atoms with Gasteiger partial charge in [-0.25, -0.2) is 0 Å². The standard InChI is InChI=1S/C14H30S/c1-8-9-12(2,3)10-13(4,5)11-14(6,7)15/h15H,8-11H2,1-7H3. The molecule has 1 heteroatoms. The molecule has 0 nitrogen and oxygen atoms in total. The molecule has 0 saturated heterocycles. The first-order valence-corrected chi connectivity index (χ1v) is 6.65. The predicted molar refractivity (Wildman–Crippen MR) is 74.8 cm³/mol. The first-order chi connectivity index (χ1) is 6.47. The summed E-state index contributed by atoms with van der Waals surface area (Å²) in [7, 11) is 0. The van der Waals surface area contributed by atoms with Crippen molar-refractivity contribution in [2.24, 2.45) is 10.8 Å². The number of rotatable bonds is 6. The summed E-state index contributed by atoms with van der Waals surface area (Å²) < 4.78 is 0.145. The normalized spacial score (nSPS) is 14.4. The first-order valence-electron chi connectivity index (χ1n) is 6.20. The highest BCUT2D eigenvalue weighted by molar-refractivity contribution is 7.81. The second kappa shape index (κ2) is 5.12. The summed E-state index contributed by atoms with van der Waals surface area (Å²) in [6.45, 7) is 16.2. The lowest BCUT2D eigenvalue weighted by Crippen LogP contribution is -2.29. The highest BCUT2D eigenvalue weighted by Gasteiger charge is 2.31. The highest BCUT2D eigenvalue weighted by Crippen LogP contribution is 2.42. The zero-order valence-electron chi connectivity index (χ0n) is 11.8. The second-order valence-corrected chi connectivity index (χ2v) is 8.46. The largest absolute Gasteiger partial charge is 0.173 e. The molecule has 0 aromatic heterocycles. The lowest BCUT2D eigenvalue weighted by atomic mass is 9.70. The Bertz CT molecular complexity index is 184. The smallest absolute Gasteiger partial charge is 0.00782 e. The molecule has 0 rings (SSSR count). The molecule has 92 valence electrons.